The van der Waals surface area contributed by atoms with Crippen molar-refractivity contribution in [2.45, 2.75) is 31.7 Å². The molecule has 1 N–H and O–H groups in total. The van der Waals surface area contributed by atoms with Crippen LogP contribution in [0.3, 0.4) is 0 Å². The van der Waals surface area contributed by atoms with Gasteiger partial charge in [0.25, 0.3) is 0 Å². The minimum absolute atomic E-state index is 0.426. The van der Waals surface area contributed by atoms with Gasteiger partial charge in [-0.2, -0.15) is 0 Å². The number of halogens is 2. The Hall–Kier alpha value is -0.0500. The molecule has 1 saturated carbocycles. The molecule has 88 valence electrons. The minimum atomic E-state index is 0.426. The van der Waals surface area contributed by atoms with Crippen LogP contribution in [0, 0.1) is 5.92 Å². The average Bonchev–Trinajstić information content (AvgIpc) is 2.78. The Morgan fingerprint density at radius 2 is 2.06 bits per heavy atom. The van der Waals surface area contributed by atoms with E-state index in [9.17, 15) is 0 Å². The third-order valence-corrected chi connectivity index (χ3v) is 4.43. The minimum Gasteiger partial charge on any atom is -0.313 e. The predicted molar refractivity (Wildman–Crippen MR) is 72.9 cm³/mol. The van der Waals surface area contributed by atoms with Crippen LogP contribution in [0.2, 0.25) is 5.02 Å². The first-order chi connectivity index (χ1) is 7.72. The first kappa shape index (κ1) is 12.4. The first-order valence-corrected chi connectivity index (χ1v) is 7.01. The molecule has 1 atom stereocenters. The summed E-state index contributed by atoms with van der Waals surface area (Å²) in [7, 11) is 2.04. The zero-order valence-electron chi connectivity index (χ0n) is 9.47. The van der Waals surface area contributed by atoms with Gasteiger partial charge in [0.1, 0.15) is 0 Å². The molecule has 0 bridgehead atoms. The second kappa shape index (κ2) is 5.52. The monoisotopic (exact) mass is 301 g/mol. The van der Waals surface area contributed by atoms with E-state index in [0.717, 1.165) is 15.4 Å². The molecule has 16 heavy (non-hydrogen) atoms. The van der Waals surface area contributed by atoms with E-state index >= 15 is 0 Å². The van der Waals surface area contributed by atoms with Gasteiger partial charge in [-0.05, 0) is 49.6 Å². The topological polar surface area (TPSA) is 12.0 Å². The van der Waals surface area contributed by atoms with Gasteiger partial charge in [-0.15, -0.1) is 0 Å². The van der Waals surface area contributed by atoms with E-state index in [1.807, 2.05) is 19.2 Å². The van der Waals surface area contributed by atoms with Gasteiger partial charge in [0, 0.05) is 15.5 Å². The van der Waals surface area contributed by atoms with Gasteiger partial charge in [-0.25, -0.2) is 0 Å². The largest absolute Gasteiger partial charge is 0.313 e. The van der Waals surface area contributed by atoms with E-state index < -0.39 is 0 Å². The highest BCUT2D eigenvalue weighted by molar-refractivity contribution is 9.10. The molecule has 0 saturated heterocycles. The van der Waals surface area contributed by atoms with Gasteiger partial charge in [0.05, 0.1) is 0 Å². The third-order valence-electron chi connectivity index (χ3n) is 3.48. The van der Waals surface area contributed by atoms with Crippen LogP contribution < -0.4 is 5.32 Å². The van der Waals surface area contributed by atoms with Crippen LogP contribution in [0.1, 0.15) is 37.3 Å². The molecule has 3 heteroatoms. The van der Waals surface area contributed by atoms with Crippen molar-refractivity contribution in [3.05, 3.63) is 33.3 Å². The number of hydrogen-bond acceptors (Lipinski definition) is 1. The highest BCUT2D eigenvalue weighted by Gasteiger charge is 2.26. The highest BCUT2D eigenvalue weighted by atomic mass is 79.9. The lowest BCUT2D eigenvalue weighted by Crippen LogP contribution is -2.23. The molecule has 0 radical (unpaired) electrons. The Bertz CT molecular complexity index is 361. The van der Waals surface area contributed by atoms with Crippen molar-refractivity contribution in [2.24, 2.45) is 5.92 Å². The Kier molecular flexibility index (Phi) is 4.28. The average molecular weight is 303 g/mol. The summed E-state index contributed by atoms with van der Waals surface area (Å²) in [6.45, 7) is 0. The van der Waals surface area contributed by atoms with E-state index in [0.29, 0.717) is 6.04 Å². The van der Waals surface area contributed by atoms with Crippen LogP contribution in [0.15, 0.2) is 22.7 Å². The standard InChI is InChI=1S/C13H17BrClN/c1-16-13(9-4-2-3-5-9)11-8-10(15)6-7-12(11)14/h6-9,13,16H,2-5H2,1H3. The van der Waals surface area contributed by atoms with Crippen molar-refractivity contribution >= 4 is 27.5 Å². The van der Waals surface area contributed by atoms with Gasteiger partial charge in [-0.3, -0.25) is 0 Å². The van der Waals surface area contributed by atoms with E-state index in [1.54, 1.807) is 0 Å². The summed E-state index contributed by atoms with van der Waals surface area (Å²) in [4.78, 5) is 0. The molecule has 2 rings (SSSR count). The second-order valence-corrected chi connectivity index (χ2v) is 5.77. The first-order valence-electron chi connectivity index (χ1n) is 5.84. The summed E-state index contributed by atoms with van der Waals surface area (Å²) < 4.78 is 1.16. The van der Waals surface area contributed by atoms with Crippen molar-refractivity contribution in [3.63, 3.8) is 0 Å². The molecular formula is C13H17BrClN. The van der Waals surface area contributed by atoms with Crippen LogP contribution in [-0.2, 0) is 0 Å². The summed E-state index contributed by atoms with van der Waals surface area (Å²) in [5.74, 6) is 0.750. The Balaban J connectivity index is 2.28. The van der Waals surface area contributed by atoms with Crippen LogP contribution in [-0.4, -0.2) is 7.05 Å². The Labute approximate surface area is 111 Å². The molecule has 0 heterocycles. The summed E-state index contributed by atoms with van der Waals surface area (Å²) >= 11 is 9.70. The lowest BCUT2D eigenvalue weighted by Gasteiger charge is -2.24. The third kappa shape index (κ3) is 2.61. The Morgan fingerprint density at radius 3 is 2.69 bits per heavy atom. The van der Waals surface area contributed by atoms with Crippen molar-refractivity contribution in [2.75, 3.05) is 7.05 Å². The van der Waals surface area contributed by atoms with E-state index in [1.165, 1.54) is 31.2 Å². The van der Waals surface area contributed by atoms with Gasteiger partial charge < -0.3 is 5.32 Å². The summed E-state index contributed by atoms with van der Waals surface area (Å²) in [5.41, 5.74) is 1.29. The maximum atomic E-state index is 6.08. The molecule has 1 aliphatic carbocycles. The normalized spacial score (nSPS) is 18.9. The second-order valence-electron chi connectivity index (χ2n) is 4.48. The molecule has 0 amide bonds. The van der Waals surface area contributed by atoms with Crippen molar-refractivity contribution in [1.82, 2.24) is 5.32 Å². The maximum absolute atomic E-state index is 6.08. The maximum Gasteiger partial charge on any atom is 0.0410 e. The molecule has 0 aromatic heterocycles. The quantitative estimate of drug-likeness (QED) is 0.863. The molecule has 1 aromatic carbocycles. The smallest absolute Gasteiger partial charge is 0.0410 e. The fourth-order valence-corrected chi connectivity index (χ4v) is 3.36. The highest BCUT2D eigenvalue weighted by Crippen LogP contribution is 2.38. The van der Waals surface area contributed by atoms with Gasteiger partial charge in [0.15, 0.2) is 0 Å². The molecule has 1 aliphatic rings. The van der Waals surface area contributed by atoms with Crippen LogP contribution in [0.4, 0.5) is 0 Å². The van der Waals surface area contributed by atoms with Gasteiger partial charge in [0.2, 0.25) is 0 Å². The molecule has 0 spiro atoms. The van der Waals surface area contributed by atoms with E-state index in [-0.39, 0.29) is 0 Å². The van der Waals surface area contributed by atoms with Crippen molar-refractivity contribution in [3.8, 4) is 0 Å². The van der Waals surface area contributed by atoms with E-state index in [4.69, 9.17) is 11.6 Å². The summed E-state index contributed by atoms with van der Waals surface area (Å²) in [5, 5.41) is 4.26. The van der Waals surface area contributed by atoms with Crippen LogP contribution >= 0.6 is 27.5 Å². The molecule has 1 aromatic rings. The SMILES string of the molecule is CNC(c1cc(Cl)ccc1Br)C1CCCC1. The fourth-order valence-electron chi connectivity index (χ4n) is 2.69. The number of benzene rings is 1. The van der Waals surface area contributed by atoms with Crippen molar-refractivity contribution in [1.29, 1.82) is 0 Å². The lowest BCUT2D eigenvalue weighted by atomic mass is 9.92. The molecular weight excluding hydrogens is 286 g/mol. The van der Waals surface area contributed by atoms with Crippen LogP contribution in [0.25, 0.3) is 0 Å². The number of hydrogen-bond donors (Lipinski definition) is 1. The fraction of sp³-hybridized carbons (Fsp3) is 0.538. The zero-order chi connectivity index (χ0) is 11.5. The molecule has 1 fully saturated rings. The van der Waals surface area contributed by atoms with Gasteiger partial charge in [-0.1, -0.05) is 40.4 Å². The molecule has 1 unspecified atom stereocenters. The van der Waals surface area contributed by atoms with Crippen molar-refractivity contribution < 1.29 is 0 Å². The van der Waals surface area contributed by atoms with E-state index in [2.05, 4.69) is 27.3 Å². The Morgan fingerprint density at radius 1 is 1.38 bits per heavy atom. The summed E-state index contributed by atoms with van der Waals surface area (Å²) in [6.07, 6.45) is 5.37. The molecule has 1 nitrogen and oxygen atoms in total. The van der Waals surface area contributed by atoms with Gasteiger partial charge >= 0.3 is 0 Å². The number of rotatable bonds is 3. The lowest BCUT2D eigenvalue weighted by molar-refractivity contribution is 0.389. The van der Waals surface area contributed by atoms with Crippen LogP contribution in [0.5, 0.6) is 0 Å². The summed E-state index contributed by atoms with van der Waals surface area (Å²) in [6, 6.07) is 6.47. The zero-order valence-corrected chi connectivity index (χ0v) is 11.8. The number of nitrogens with one attached hydrogen (secondary N) is 1. The molecule has 0 aliphatic heterocycles. The predicted octanol–water partition coefficient (Wildman–Crippen LogP) is 4.55.